The Labute approximate surface area is 232 Å². The SMILES string of the molecule is CCc1ccc(NC(=O)CSc2nc(C)c(C(=O)Nc3ccccc3)c(-c3ccc(OC)cc3)c2C#N)cc1. The highest BCUT2D eigenvalue weighted by Gasteiger charge is 2.25. The van der Waals surface area contributed by atoms with Crippen LogP contribution in [0.3, 0.4) is 0 Å². The summed E-state index contributed by atoms with van der Waals surface area (Å²) < 4.78 is 5.29. The zero-order valence-corrected chi connectivity index (χ0v) is 22.8. The summed E-state index contributed by atoms with van der Waals surface area (Å²) >= 11 is 1.16. The first-order valence-electron chi connectivity index (χ1n) is 12.4. The molecule has 0 aliphatic heterocycles. The van der Waals surface area contributed by atoms with E-state index < -0.39 is 0 Å². The number of nitrogens with zero attached hydrogens (tertiary/aromatic N) is 2. The van der Waals surface area contributed by atoms with Crippen LogP contribution in [-0.2, 0) is 11.2 Å². The zero-order valence-electron chi connectivity index (χ0n) is 21.9. The van der Waals surface area contributed by atoms with Crippen LogP contribution in [0.15, 0.2) is 83.9 Å². The van der Waals surface area contributed by atoms with Crippen LogP contribution in [0.5, 0.6) is 5.75 Å². The van der Waals surface area contributed by atoms with E-state index in [2.05, 4.69) is 28.6 Å². The Bertz CT molecular complexity index is 1510. The third-order valence-electron chi connectivity index (χ3n) is 6.08. The number of hydrogen-bond donors (Lipinski definition) is 2. The predicted molar refractivity (Wildman–Crippen MR) is 155 cm³/mol. The fourth-order valence-electron chi connectivity index (χ4n) is 4.08. The van der Waals surface area contributed by atoms with Gasteiger partial charge in [-0.15, -0.1) is 0 Å². The number of benzene rings is 3. The van der Waals surface area contributed by atoms with E-state index in [1.807, 2.05) is 42.5 Å². The van der Waals surface area contributed by atoms with Gasteiger partial charge in [0.1, 0.15) is 16.8 Å². The number of carbonyl (C=O) groups excluding carboxylic acids is 2. The maximum Gasteiger partial charge on any atom is 0.258 e. The van der Waals surface area contributed by atoms with Gasteiger partial charge < -0.3 is 15.4 Å². The fourth-order valence-corrected chi connectivity index (χ4v) is 4.91. The number of pyridine rings is 1. The molecule has 4 rings (SSSR count). The van der Waals surface area contributed by atoms with Gasteiger partial charge in [0, 0.05) is 16.9 Å². The van der Waals surface area contributed by atoms with Crippen LogP contribution >= 0.6 is 11.8 Å². The summed E-state index contributed by atoms with van der Waals surface area (Å²) in [4.78, 5) is 30.8. The molecule has 0 fully saturated rings. The molecule has 0 unspecified atom stereocenters. The molecule has 1 heterocycles. The Kier molecular flexibility index (Phi) is 8.97. The van der Waals surface area contributed by atoms with E-state index in [1.54, 1.807) is 50.4 Å². The average Bonchev–Trinajstić information content (AvgIpc) is 2.96. The van der Waals surface area contributed by atoms with E-state index in [4.69, 9.17) is 4.74 Å². The van der Waals surface area contributed by atoms with Crippen molar-refractivity contribution in [2.75, 3.05) is 23.5 Å². The summed E-state index contributed by atoms with van der Waals surface area (Å²) in [5, 5.41) is 16.4. The summed E-state index contributed by atoms with van der Waals surface area (Å²) in [5.41, 5.74) is 4.61. The van der Waals surface area contributed by atoms with Crippen molar-refractivity contribution in [1.29, 1.82) is 5.26 Å². The molecular formula is C31H28N4O3S. The van der Waals surface area contributed by atoms with Gasteiger partial charge in [-0.2, -0.15) is 5.26 Å². The molecule has 4 aromatic rings. The Morgan fingerprint density at radius 2 is 1.62 bits per heavy atom. The first-order chi connectivity index (χ1) is 18.9. The van der Waals surface area contributed by atoms with Crippen molar-refractivity contribution in [2.24, 2.45) is 0 Å². The predicted octanol–water partition coefficient (Wildman–Crippen LogP) is 6.48. The summed E-state index contributed by atoms with van der Waals surface area (Å²) in [6.07, 6.45) is 0.919. The average molecular weight is 537 g/mol. The molecule has 196 valence electrons. The maximum atomic E-state index is 13.5. The minimum atomic E-state index is -0.377. The third-order valence-corrected chi connectivity index (χ3v) is 7.06. The van der Waals surface area contributed by atoms with Gasteiger partial charge >= 0.3 is 0 Å². The second-order valence-corrected chi connectivity index (χ2v) is 9.64. The van der Waals surface area contributed by atoms with Gasteiger partial charge in [0.25, 0.3) is 5.91 Å². The highest BCUT2D eigenvalue weighted by Crippen LogP contribution is 2.36. The van der Waals surface area contributed by atoms with Gasteiger partial charge in [0.2, 0.25) is 5.91 Å². The van der Waals surface area contributed by atoms with Gasteiger partial charge in [0.15, 0.2) is 0 Å². The van der Waals surface area contributed by atoms with Crippen molar-refractivity contribution < 1.29 is 14.3 Å². The summed E-state index contributed by atoms with van der Waals surface area (Å²) in [7, 11) is 1.57. The number of amides is 2. The number of hydrogen-bond acceptors (Lipinski definition) is 6. The largest absolute Gasteiger partial charge is 0.497 e. The Morgan fingerprint density at radius 3 is 2.23 bits per heavy atom. The lowest BCUT2D eigenvalue weighted by atomic mass is 9.94. The number of methoxy groups -OCH3 is 1. The molecule has 0 bridgehead atoms. The van der Waals surface area contributed by atoms with E-state index in [0.717, 1.165) is 18.2 Å². The van der Waals surface area contributed by atoms with Crippen molar-refractivity contribution >= 4 is 35.0 Å². The third kappa shape index (κ3) is 6.64. The van der Waals surface area contributed by atoms with Crippen LogP contribution in [0.4, 0.5) is 11.4 Å². The number of aryl methyl sites for hydroxylation is 2. The Hall–Kier alpha value is -4.61. The standard InChI is InChI=1S/C31H28N4O3S/c1-4-21-10-14-24(15-11-21)34-27(36)19-39-31-26(18-32)29(22-12-16-25(38-3)17-13-22)28(20(2)33-31)30(37)35-23-8-6-5-7-9-23/h5-17H,4,19H2,1-3H3,(H,34,36)(H,35,37). The van der Waals surface area contributed by atoms with Gasteiger partial charge in [-0.05, 0) is 60.9 Å². The minimum Gasteiger partial charge on any atom is -0.497 e. The molecule has 3 aromatic carbocycles. The molecule has 8 heteroatoms. The van der Waals surface area contributed by atoms with Crippen molar-refractivity contribution in [3.05, 3.63) is 101 Å². The number of anilines is 2. The zero-order chi connectivity index (χ0) is 27.8. The molecule has 0 radical (unpaired) electrons. The van der Waals surface area contributed by atoms with Gasteiger partial charge in [-0.3, -0.25) is 9.59 Å². The summed E-state index contributed by atoms with van der Waals surface area (Å²) in [6.45, 7) is 3.80. The molecular weight excluding hydrogens is 508 g/mol. The minimum absolute atomic E-state index is 0.0499. The molecule has 0 atom stereocenters. The molecule has 0 saturated heterocycles. The molecule has 0 spiro atoms. The number of nitrogens with one attached hydrogen (secondary N) is 2. The van der Waals surface area contributed by atoms with E-state index in [9.17, 15) is 14.9 Å². The lowest BCUT2D eigenvalue weighted by Gasteiger charge is -2.17. The van der Waals surface area contributed by atoms with Gasteiger partial charge in [0.05, 0.1) is 29.7 Å². The molecule has 7 nitrogen and oxygen atoms in total. The Morgan fingerprint density at radius 1 is 0.949 bits per heavy atom. The topological polar surface area (TPSA) is 104 Å². The second kappa shape index (κ2) is 12.8. The number of ether oxygens (including phenoxy) is 1. The van der Waals surface area contributed by atoms with Crippen molar-refractivity contribution in [2.45, 2.75) is 25.3 Å². The van der Waals surface area contributed by atoms with E-state index in [0.29, 0.717) is 44.5 Å². The quantitative estimate of drug-likeness (QED) is 0.237. The fraction of sp³-hybridized carbons (Fsp3) is 0.161. The molecule has 2 amide bonds. The molecule has 2 N–H and O–H groups in total. The van der Waals surface area contributed by atoms with E-state index in [1.165, 1.54) is 5.56 Å². The lowest BCUT2D eigenvalue weighted by Crippen LogP contribution is -2.18. The monoisotopic (exact) mass is 536 g/mol. The van der Waals surface area contributed by atoms with E-state index in [-0.39, 0.29) is 23.1 Å². The van der Waals surface area contributed by atoms with Gasteiger partial charge in [-0.25, -0.2) is 4.98 Å². The summed E-state index contributed by atoms with van der Waals surface area (Å²) in [6, 6.07) is 26.2. The second-order valence-electron chi connectivity index (χ2n) is 8.68. The van der Waals surface area contributed by atoms with Crippen molar-refractivity contribution in [1.82, 2.24) is 4.98 Å². The summed E-state index contributed by atoms with van der Waals surface area (Å²) in [5.74, 6) is 0.105. The Balaban J connectivity index is 1.68. The number of aromatic nitrogens is 1. The van der Waals surface area contributed by atoms with Crippen LogP contribution in [0.1, 0.15) is 34.1 Å². The first-order valence-corrected chi connectivity index (χ1v) is 13.4. The van der Waals surface area contributed by atoms with Gasteiger partial charge in [-0.1, -0.05) is 61.2 Å². The number of carbonyl (C=O) groups is 2. The maximum absolute atomic E-state index is 13.5. The van der Waals surface area contributed by atoms with Crippen LogP contribution in [0.25, 0.3) is 11.1 Å². The van der Waals surface area contributed by atoms with Crippen molar-refractivity contribution in [3.8, 4) is 22.9 Å². The van der Waals surface area contributed by atoms with Crippen LogP contribution in [0.2, 0.25) is 0 Å². The number of para-hydroxylation sites is 1. The number of nitriles is 1. The highest BCUT2D eigenvalue weighted by molar-refractivity contribution is 8.00. The van der Waals surface area contributed by atoms with Crippen molar-refractivity contribution in [3.63, 3.8) is 0 Å². The molecule has 0 aliphatic carbocycles. The molecule has 39 heavy (non-hydrogen) atoms. The lowest BCUT2D eigenvalue weighted by molar-refractivity contribution is -0.113. The molecule has 1 aromatic heterocycles. The molecule has 0 aliphatic rings. The highest BCUT2D eigenvalue weighted by atomic mass is 32.2. The molecule has 0 saturated carbocycles. The normalized spacial score (nSPS) is 10.4. The number of rotatable bonds is 9. The van der Waals surface area contributed by atoms with E-state index >= 15 is 0 Å². The smallest absolute Gasteiger partial charge is 0.258 e. The number of thioether (sulfide) groups is 1. The first kappa shape index (κ1) is 27.4. The van der Waals surface area contributed by atoms with Crippen LogP contribution in [0, 0.1) is 18.3 Å². The van der Waals surface area contributed by atoms with Crippen LogP contribution in [-0.4, -0.2) is 29.7 Å². The van der Waals surface area contributed by atoms with Crippen LogP contribution < -0.4 is 15.4 Å².